The van der Waals surface area contributed by atoms with Gasteiger partial charge in [-0.3, -0.25) is 9.78 Å². The van der Waals surface area contributed by atoms with Gasteiger partial charge < -0.3 is 9.32 Å². The average molecular weight is 310 g/mol. The van der Waals surface area contributed by atoms with Crippen LogP contribution in [0.1, 0.15) is 65.0 Å². The predicted octanol–water partition coefficient (Wildman–Crippen LogP) is 3.88. The van der Waals surface area contributed by atoms with Crippen LogP contribution in [0.25, 0.3) is 0 Å². The van der Waals surface area contributed by atoms with Crippen LogP contribution in [-0.4, -0.2) is 28.9 Å². The Morgan fingerprint density at radius 1 is 1.13 bits per heavy atom. The summed E-state index contributed by atoms with van der Waals surface area (Å²) in [6.45, 7) is 3.53. The van der Waals surface area contributed by atoms with E-state index in [4.69, 9.17) is 4.42 Å². The molecular formula is C19H22N2O2. The molecular weight excluding hydrogens is 288 g/mol. The summed E-state index contributed by atoms with van der Waals surface area (Å²) in [6, 6.07) is 6.15. The lowest BCUT2D eigenvalue weighted by Gasteiger charge is -2.32. The van der Waals surface area contributed by atoms with Crippen molar-refractivity contribution in [2.75, 3.05) is 13.1 Å². The molecule has 120 valence electrons. The molecule has 4 nitrogen and oxygen atoms in total. The van der Waals surface area contributed by atoms with Gasteiger partial charge in [0.15, 0.2) is 0 Å². The summed E-state index contributed by atoms with van der Waals surface area (Å²) in [5.74, 6) is 2.99. The summed E-state index contributed by atoms with van der Waals surface area (Å²) >= 11 is 0. The topological polar surface area (TPSA) is 46.3 Å². The molecule has 2 aromatic heterocycles. The number of pyridine rings is 1. The van der Waals surface area contributed by atoms with Crippen LogP contribution in [0.3, 0.4) is 0 Å². The third kappa shape index (κ3) is 2.90. The first-order chi connectivity index (χ1) is 11.2. The summed E-state index contributed by atoms with van der Waals surface area (Å²) in [5.41, 5.74) is 2.09. The maximum atomic E-state index is 12.8. The zero-order chi connectivity index (χ0) is 15.8. The molecule has 2 fully saturated rings. The van der Waals surface area contributed by atoms with Crippen LogP contribution in [0.15, 0.2) is 35.0 Å². The zero-order valence-electron chi connectivity index (χ0n) is 13.5. The minimum Gasteiger partial charge on any atom is -0.465 e. The molecule has 0 aromatic carbocycles. The van der Waals surface area contributed by atoms with E-state index in [0.29, 0.717) is 11.8 Å². The minimum atomic E-state index is 0.131. The summed E-state index contributed by atoms with van der Waals surface area (Å²) < 4.78 is 5.79. The first-order valence-corrected chi connectivity index (χ1v) is 8.52. The number of carbonyl (C=O) groups is 1. The van der Waals surface area contributed by atoms with Crippen molar-refractivity contribution in [1.29, 1.82) is 0 Å². The normalized spacial score (nSPS) is 19.1. The Morgan fingerprint density at radius 3 is 2.48 bits per heavy atom. The van der Waals surface area contributed by atoms with Gasteiger partial charge in [0.05, 0.1) is 5.56 Å². The molecule has 1 saturated carbocycles. The van der Waals surface area contributed by atoms with Crippen molar-refractivity contribution < 1.29 is 9.21 Å². The van der Waals surface area contributed by atoms with Crippen LogP contribution in [0.5, 0.6) is 0 Å². The first kappa shape index (κ1) is 14.5. The summed E-state index contributed by atoms with van der Waals surface area (Å²) in [7, 11) is 0. The predicted molar refractivity (Wildman–Crippen MR) is 87.5 cm³/mol. The van der Waals surface area contributed by atoms with E-state index in [9.17, 15) is 4.79 Å². The Hall–Kier alpha value is -2.10. The highest BCUT2D eigenvalue weighted by atomic mass is 16.3. The number of nitrogens with zero attached hydrogens (tertiary/aromatic N) is 2. The van der Waals surface area contributed by atoms with Gasteiger partial charge in [-0.2, -0.15) is 0 Å². The molecule has 1 amide bonds. The molecule has 0 bridgehead atoms. The lowest BCUT2D eigenvalue weighted by molar-refractivity contribution is 0.0711. The highest BCUT2D eigenvalue weighted by Gasteiger charge is 2.31. The Balaban J connectivity index is 1.43. The third-order valence-electron chi connectivity index (χ3n) is 5.11. The maximum Gasteiger partial charge on any atom is 0.257 e. The van der Waals surface area contributed by atoms with E-state index in [1.165, 1.54) is 18.4 Å². The van der Waals surface area contributed by atoms with Gasteiger partial charge in [0, 0.05) is 31.4 Å². The molecule has 0 N–H and O–H groups in total. The molecule has 0 spiro atoms. The van der Waals surface area contributed by atoms with Crippen LogP contribution < -0.4 is 0 Å². The number of furan rings is 1. The molecule has 0 radical (unpaired) electrons. The summed E-state index contributed by atoms with van der Waals surface area (Å²) in [4.78, 5) is 18.8. The van der Waals surface area contributed by atoms with E-state index in [1.54, 1.807) is 0 Å². The van der Waals surface area contributed by atoms with E-state index in [0.717, 1.165) is 43.0 Å². The molecule has 2 aliphatic rings. The van der Waals surface area contributed by atoms with Crippen molar-refractivity contribution in [3.63, 3.8) is 0 Å². The van der Waals surface area contributed by atoms with E-state index in [-0.39, 0.29) is 5.91 Å². The molecule has 0 atom stereocenters. The Morgan fingerprint density at radius 2 is 1.83 bits per heavy atom. The molecule has 1 aliphatic heterocycles. The lowest BCUT2D eigenvalue weighted by atomic mass is 9.90. The van der Waals surface area contributed by atoms with Crippen molar-refractivity contribution in [3.05, 3.63) is 53.2 Å². The number of carbonyl (C=O) groups excluding carboxylic acids is 1. The van der Waals surface area contributed by atoms with Gasteiger partial charge >= 0.3 is 0 Å². The molecule has 3 heterocycles. The van der Waals surface area contributed by atoms with Crippen molar-refractivity contribution >= 4 is 5.91 Å². The highest BCUT2D eigenvalue weighted by molar-refractivity contribution is 5.95. The van der Waals surface area contributed by atoms with Gasteiger partial charge in [-0.05, 0) is 62.3 Å². The average Bonchev–Trinajstić information content (AvgIpc) is 3.38. The van der Waals surface area contributed by atoms with Gasteiger partial charge in [0.25, 0.3) is 5.91 Å². The third-order valence-corrected chi connectivity index (χ3v) is 5.11. The fourth-order valence-corrected chi connectivity index (χ4v) is 3.51. The van der Waals surface area contributed by atoms with Gasteiger partial charge in [0.1, 0.15) is 11.5 Å². The quantitative estimate of drug-likeness (QED) is 0.864. The number of hydrogen-bond donors (Lipinski definition) is 0. The second-order valence-electron chi connectivity index (χ2n) is 6.74. The molecule has 0 unspecified atom stereocenters. The molecule has 4 heteroatoms. The second kappa shape index (κ2) is 5.84. The molecule has 1 saturated heterocycles. The van der Waals surface area contributed by atoms with E-state index >= 15 is 0 Å². The Kier molecular flexibility index (Phi) is 3.68. The van der Waals surface area contributed by atoms with Gasteiger partial charge in [0.2, 0.25) is 0 Å². The van der Waals surface area contributed by atoms with Crippen LogP contribution in [0.2, 0.25) is 0 Å². The minimum absolute atomic E-state index is 0.131. The van der Waals surface area contributed by atoms with Crippen molar-refractivity contribution in [3.8, 4) is 0 Å². The Bertz CT molecular complexity index is 695. The van der Waals surface area contributed by atoms with Gasteiger partial charge in [-0.25, -0.2) is 0 Å². The number of hydrogen-bond acceptors (Lipinski definition) is 3. The van der Waals surface area contributed by atoms with Gasteiger partial charge in [-0.15, -0.1) is 0 Å². The van der Waals surface area contributed by atoms with Gasteiger partial charge in [-0.1, -0.05) is 0 Å². The summed E-state index contributed by atoms with van der Waals surface area (Å²) in [5, 5.41) is 0. The van der Waals surface area contributed by atoms with Crippen molar-refractivity contribution in [1.82, 2.24) is 9.88 Å². The largest absolute Gasteiger partial charge is 0.465 e. The highest BCUT2D eigenvalue weighted by Crippen LogP contribution is 2.41. The molecule has 4 rings (SSSR count). The standard InChI is InChI=1S/C19H22N2O2/c1-13-17(12-18(23-13)16-2-3-16)19(22)21-10-6-15(7-11-21)14-4-8-20-9-5-14/h4-5,8-9,12,15-16H,2-3,6-7,10-11H2,1H3. The smallest absolute Gasteiger partial charge is 0.257 e. The number of aromatic nitrogens is 1. The Labute approximate surface area is 136 Å². The fourth-order valence-electron chi connectivity index (χ4n) is 3.51. The van der Waals surface area contributed by atoms with Crippen LogP contribution in [0.4, 0.5) is 0 Å². The second-order valence-corrected chi connectivity index (χ2v) is 6.74. The number of likely N-dealkylation sites (tertiary alicyclic amines) is 1. The number of rotatable bonds is 3. The monoisotopic (exact) mass is 310 g/mol. The molecule has 2 aromatic rings. The van der Waals surface area contributed by atoms with Crippen molar-refractivity contribution in [2.24, 2.45) is 0 Å². The first-order valence-electron chi connectivity index (χ1n) is 8.52. The fraction of sp³-hybridized carbons (Fsp3) is 0.474. The van der Waals surface area contributed by atoms with Crippen molar-refractivity contribution in [2.45, 2.75) is 44.4 Å². The van der Waals surface area contributed by atoms with Crippen LogP contribution in [0, 0.1) is 6.92 Å². The SMILES string of the molecule is Cc1oc(C2CC2)cc1C(=O)N1CCC(c2ccncc2)CC1. The number of aryl methyl sites for hydroxylation is 1. The van der Waals surface area contributed by atoms with E-state index < -0.39 is 0 Å². The van der Waals surface area contributed by atoms with E-state index in [1.807, 2.05) is 30.3 Å². The number of piperidine rings is 1. The maximum absolute atomic E-state index is 12.8. The number of amides is 1. The van der Waals surface area contributed by atoms with E-state index in [2.05, 4.69) is 17.1 Å². The lowest BCUT2D eigenvalue weighted by Crippen LogP contribution is -2.38. The molecule has 1 aliphatic carbocycles. The van der Waals surface area contributed by atoms with Crippen LogP contribution >= 0.6 is 0 Å². The zero-order valence-corrected chi connectivity index (χ0v) is 13.5. The van der Waals surface area contributed by atoms with Crippen LogP contribution in [-0.2, 0) is 0 Å². The summed E-state index contributed by atoms with van der Waals surface area (Å²) in [6.07, 6.45) is 8.11. The molecule has 23 heavy (non-hydrogen) atoms.